The van der Waals surface area contributed by atoms with E-state index in [-0.39, 0.29) is 24.5 Å². The molecule has 1 fully saturated rings. The van der Waals surface area contributed by atoms with Crippen molar-refractivity contribution in [2.24, 2.45) is 0 Å². The van der Waals surface area contributed by atoms with Crippen LogP contribution in [0.4, 0.5) is 5.69 Å². The highest BCUT2D eigenvalue weighted by molar-refractivity contribution is 5.96. The van der Waals surface area contributed by atoms with Crippen LogP contribution >= 0.6 is 12.4 Å². The molecule has 3 N–H and O–H groups in total. The van der Waals surface area contributed by atoms with Crippen LogP contribution in [0.2, 0.25) is 0 Å². The van der Waals surface area contributed by atoms with E-state index >= 15 is 0 Å². The molecule has 174 valence electrons. The summed E-state index contributed by atoms with van der Waals surface area (Å²) in [5, 5.41) is 3.21. The summed E-state index contributed by atoms with van der Waals surface area (Å²) in [6.45, 7) is 2.99. The largest absolute Gasteiger partial charge is 0.399 e. The lowest BCUT2D eigenvalue weighted by Gasteiger charge is -2.39. The van der Waals surface area contributed by atoms with Gasteiger partial charge in [-0.25, -0.2) is 0 Å². The maximum atomic E-state index is 12.9. The molecule has 0 aromatic heterocycles. The minimum atomic E-state index is -0.131. The Morgan fingerprint density at radius 1 is 0.882 bits per heavy atom. The Kier molecular flexibility index (Phi) is 7.09. The molecule has 0 bridgehead atoms. The van der Waals surface area contributed by atoms with Gasteiger partial charge in [0.25, 0.3) is 5.91 Å². The van der Waals surface area contributed by atoms with Crippen molar-refractivity contribution in [3.63, 3.8) is 0 Å². The Labute approximate surface area is 207 Å². The number of amides is 1. The van der Waals surface area contributed by atoms with E-state index in [1.165, 1.54) is 33.5 Å². The number of piperidine rings is 1. The first-order valence-corrected chi connectivity index (χ1v) is 11.6. The van der Waals surface area contributed by atoms with E-state index in [0.29, 0.717) is 11.3 Å². The second-order valence-corrected chi connectivity index (χ2v) is 8.75. The number of nitrogens with one attached hydrogen (secondary N) is 1. The number of nitrogens with zero attached hydrogens (tertiary/aromatic N) is 1. The third-order valence-corrected chi connectivity index (χ3v) is 6.58. The van der Waals surface area contributed by atoms with Gasteiger partial charge in [0.15, 0.2) is 0 Å². The van der Waals surface area contributed by atoms with Crippen molar-refractivity contribution in [1.82, 2.24) is 10.2 Å². The highest BCUT2D eigenvalue weighted by Gasteiger charge is 2.27. The molecule has 4 nitrogen and oxygen atoms in total. The van der Waals surface area contributed by atoms with Gasteiger partial charge in [-0.15, -0.1) is 12.4 Å². The summed E-state index contributed by atoms with van der Waals surface area (Å²) in [7, 11) is 0. The van der Waals surface area contributed by atoms with E-state index in [9.17, 15) is 4.79 Å². The third kappa shape index (κ3) is 4.59. The van der Waals surface area contributed by atoms with Crippen molar-refractivity contribution in [3.8, 4) is 0 Å². The van der Waals surface area contributed by atoms with E-state index in [1.54, 1.807) is 24.3 Å². The van der Waals surface area contributed by atoms with Crippen LogP contribution in [-0.4, -0.2) is 23.5 Å². The summed E-state index contributed by atoms with van der Waals surface area (Å²) in [6.07, 6.45) is 7.53. The lowest BCUT2D eigenvalue weighted by molar-refractivity contribution is 0.0880. The first-order chi connectivity index (χ1) is 16.1. The highest BCUT2D eigenvalue weighted by Crippen LogP contribution is 2.39. The van der Waals surface area contributed by atoms with Crippen molar-refractivity contribution in [2.45, 2.75) is 32.4 Å². The van der Waals surface area contributed by atoms with E-state index in [0.717, 1.165) is 25.8 Å². The quantitative estimate of drug-likeness (QED) is 0.350. The standard InChI is InChI=1S/C29H29N3O.ClH/c1-20(31-29(33)23-15-17-24(30)18-16-23)32-19-7-6-12-27(32)28-25-10-4-2-8-21(25)13-14-22-9-3-5-11-26(22)28;/h2-5,8-11,13-18,20H,6-7,12,19,30H2,1H3,(H,31,33);1H. The number of hydrogen-bond donors (Lipinski definition) is 2. The van der Waals surface area contributed by atoms with Crippen molar-refractivity contribution >= 4 is 41.7 Å². The molecule has 0 spiro atoms. The van der Waals surface area contributed by atoms with Crippen molar-refractivity contribution < 1.29 is 4.79 Å². The summed E-state index contributed by atoms with van der Waals surface area (Å²) in [4.78, 5) is 15.3. The SMILES string of the molecule is CC(NC(=O)c1ccc(N)cc1)N1CCCCC1=C1c2ccccc2C=Cc2ccccc21.Cl. The van der Waals surface area contributed by atoms with Crippen LogP contribution in [0.1, 0.15) is 58.8 Å². The third-order valence-electron chi connectivity index (χ3n) is 6.58. The van der Waals surface area contributed by atoms with Gasteiger partial charge in [-0.1, -0.05) is 60.7 Å². The normalized spacial score (nSPS) is 15.5. The van der Waals surface area contributed by atoms with Gasteiger partial charge in [-0.2, -0.15) is 0 Å². The van der Waals surface area contributed by atoms with E-state index < -0.39 is 0 Å². The molecule has 1 aliphatic carbocycles. The number of halogens is 1. The van der Waals surface area contributed by atoms with Gasteiger partial charge < -0.3 is 16.0 Å². The number of likely N-dealkylation sites (tertiary alicyclic amines) is 1. The maximum Gasteiger partial charge on any atom is 0.252 e. The van der Waals surface area contributed by atoms with Gasteiger partial charge >= 0.3 is 0 Å². The molecular weight excluding hydrogens is 442 g/mol. The minimum absolute atomic E-state index is 0. The molecule has 3 aromatic rings. The molecule has 1 unspecified atom stereocenters. The second-order valence-electron chi connectivity index (χ2n) is 8.75. The Bertz CT molecular complexity index is 1190. The first kappa shape index (κ1) is 23.7. The number of carbonyl (C=O) groups excluding carboxylic acids is 1. The molecule has 5 rings (SSSR count). The number of fused-ring (bicyclic) bond motifs is 2. The summed E-state index contributed by atoms with van der Waals surface area (Å²) in [6, 6.07) is 24.3. The average Bonchev–Trinajstić information content (AvgIpc) is 3.01. The lowest BCUT2D eigenvalue weighted by atomic mass is 9.88. The zero-order chi connectivity index (χ0) is 22.8. The van der Waals surface area contributed by atoms with E-state index in [2.05, 4.69) is 77.8 Å². The van der Waals surface area contributed by atoms with Gasteiger partial charge in [0.2, 0.25) is 0 Å². The summed E-state index contributed by atoms with van der Waals surface area (Å²) in [5.74, 6) is -0.0826. The number of allylic oxidation sites excluding steroid dienone is 1. The van der Waals surface area contributed by atoms with Crippen molar-refractivity contribution in [2.75, 3.05) is 12.3 Å². The molecule has 5 heteroatoms. The average molecular weight is 472 g/mol. The van der Waals surface area contributed by atoms with Crippen LogP contribution in [0.25, 0.3) is 17.7 Å². The van der Waals surface area contributed by atoms with Crippen LogP contribution in [0.15, 0.2) is 78.5 Å². The molecule has 1 aliphatic heterocycles. The van der Waals surface area contributed by atoms with Gasteiger partial charge in [0.05, 0.1) is 6.17 Å². The van der Waals surface area contributed by atoms with Crippen LogP contribution in [-0.2, 0) is 0 Å². The van der Waals surface area contributed by atoms with Gasteiger partial charge in [0.1, 0.15) is 0 Å². The van der Waals surface area contributed by atoms with Crippen molar-refractivity contribution in [3.05, 3.63) is 106 Å². The fourth-order valence-corrected chi connectivity index (χ4v) is 4.91. The zero-order valence-electron chi connectivity index (χ0n) is 19.3. The number of nitrogen functional groups attached to an aromatic ring is 1. The molecule has 1 saturated heterocycles. The van der Waals surface area contributed by atoms with Crippen molar-refractivity contribution in [1.29, 1.82) is 0 Å². The smallest absolute Gasteiger partial charge is 0.252 e. The Hall–Kier alpha value is -3.50. The number of benzene rings is 3. The lowest BCUT2D eigenvalue weighted by Crippen LogP contribution is -2.47. The van der Waals surface area contributed by atoms with Gasteiger partial charge in [0, 0.05) is 29.1 Å². The Morgan fingerprint density at radius 3 is 2.09 bits per heavy atom. The number of anilines is 1. The number of carbonyl (C=O) groups is 1. The predicted octanol–water partition coefficient (Wildman–Crippen LogP) is 6.20. The van der Waals surface area contributed by atoms with Crippen LogP contribution in [0, 0.1) is 0 Å². The number of hydrogen-bond acceptors (Lipinski definition) is 3. The first-order valence-electron chi connectivity index (χ1n) is 11.6. The van der Waals surface area contributed by atoms with Crippen LogP contribution in [0.5, 0.6) is 0 Å². The molecule has 1 heterocycles. The Balaban J connectivity index is 0.00000274. The fraction of sp³-hybridized carbons (Fsp3) is 0.207. The second kappa shape index (κ2) is 10.2. The number of rotatable bonds is 3. The zero-order valence-corrected chi connectivity index (χ0v) is 20.1. The molecule has 3 aromatic carbocycles. The molecule has 34 heavy (non-hydrogen) atoms. The fourth-order valence-electron chi connectivity index (χ4n) is 4.91. The Morgan fingerprint density at radius 2 is 1.47 bits per heavy atom. The van der Waals surface area contributed by atoms with E-state index in [1.807, 2.05) is 0 Å². The number of nitrogens with two attached hydrogens (primary N) is 1. The molecule has 2 aliphatic rings. The summed E-state index contributed by atoms with van der Waals surface area (Å²) >= 11 is 0. The predicted molar refractivity (Wildman–Crippen MR) is 143 cm³/mol. The summed E-state index contributed by atoms with van der Waals surface area (Å²) < 4.78 is 0. The van der Waals surface area contributed by atoms with Gasteiger partial charge in [-0.05, 0) is 72.7 Å². The van der Waals surface area contributed by atoms with E-state index in [4.69, 9.17) is 5.73 Å². The highest BCUT2D eigenvalue weighted by atomic mass is 35.5. The summed E-state index contributed by atoms with van der Waals surface area (Å²) in [5.41, 5.74) is 14.6. The molecular formula is C29H30ClN3O. The van der Waals surface area contributed by atoms with Crippen LogP contribution in [0.3, 0.4) is 0 Å². The van der Waals surface area contributed by atoms with Crippen LogP contribution < -0.4 is 11.1 Å². The molecule has 1 amide bonds. The molecule has 0 saturated carbocycles. The maximum absolute atomic E-state index is 12.9. The molecule has 0 radical (unpaired) electrons. The monoisotopic (exact) mass is 471 g/mol. The minimum Gasteiger partial charge on any atom is -0.399 e. The molecule has 1 atom stereocenters. The topological polar surface area (TPSA) is 58.4 Å². The van der Waals surface area contributed by atoms with Gasteiger partial charge in [-0.3, -0.25) is 4.79 Å².